The zero-order valence-corrected chi connectivity index (χ0v) is 8.58. The summed E-state index contributed by atoms with van der Waals surface area (Å²) in [6, 6.07) is 1.81. The molecule has 0 spiro atoms. The van der Waals surface area contributed by atoms with Crippen LogP contribution in [0.5, 0.6) is 0 Å². The van der Waals surface area contributed by atoms with Crippen molar-refractivity contribution >= 4 is 5.91 Å². The van der Waals surface area contributed by atoms with Crippen molar-refractivity contribution in [2.45, 2.75) is 19.8 Å². The van der Waals surface area contributed by atoms with Gasteiger partial charge in [0.1, 0.15) is 5.69 Å². The lowest BCUT2D eigenvalue weighted by Crippen LogP contribution is -2.25. The molecule has 0 unspecified atom stereocenters. The predicted octanol–water partition coefficient (Wildman–Crippen LogP) is 0.868. The Balaban J connectivity index is 1.95. The number of amides is 1. The van der Waals surface area contributed by atoms with Gasteiger partial charge in [-0.2, -0.15) is 5.10 Å². The molecular weight excluding hydrogens is 178 g/mol. The van der Waals surface area contributed by atoms with Crippen LogP contribution in [-0.4, -0.2) is 22.2 Å². The minimum absolute atomic E-state index is 0.0550. The maximum atomic E-state index is 11.6. The molecule has 0 aliphatic heterocycles. The first-order valence-electron chi connectivity index (χ1n) is 4.95. The molecule has 0 atom stereocenters. The van der Waals surface area contributed by atoms with Crippen LogP contribution in [0.25, 0.3) is 0 Å². The van der Waals surface area contributed by atoms with Crippen molar-refractivity contribution in [3.63, 3.8) is 0 Å². The molecule has 1 amide bonds. The first-order valence-corrected chi connectivity index (χ1v) is 4.95. The van der Waals surface area contributed by atoms with Crippen LogP contribution >= 0.6 is 0 Å². The molecule has 1 saturated carbocycles. The molecule has 1 aliphatic carbocycles. The van der Waals surface area contributed by atoms with Gasteiger partial charge in [0.15, 0.2) is 0 Å². The van der Waals surface area contributed by atoms with Crippen LogP contribution < -0.4 is 5.32 Å². The molecule has 0 radical (unpaired) electrons. The lowest BCUT2D eigenvalue weighted by molar-refractivity contribution is 0.0946. The van der Waals surface area contributed by atoms with Crippen LogP contribution in [0.1, 0.15) is 29.0 Å². The maximum Gasteiger partial charge on any atom is 0.271 e. The van der Waals surface area contributed by atoms with Gasteiger partial charge in [0, 0.05) is 19.3 Å². The Morgan fingerprint density at radius 1 is 1.71 bits per heavy atom. The third-order valence-corrected chi connectivity index (χ3v) is 2.59. The molecule has 0 bridgehead atoms. The predicted molar refractivity (Wildman–Crippen MR) is 53.0 cm³/mol. The van der Waals surface area contributed by atoms with Crippen LogP contribution in [0.3, 0.4) is 0 Å². The third-order valence-electron chi connectivity index (χ3n) is 2.59. The Bertz CT molecular complexity index is 333. The molecule has 14 heavy (non-hydrogen) atoms. The molecule has 1 aromatic rings. The topological polar surface area (TPSA) is 46.9 Å². The number of hydrogen-bond acceptors (Lipinski definition) is 2. The number of carbonyl (C=O) groups excluding carboxylic acids is 1. The number of nitrogens with zero attached hydrogens (tertiary/aromatic N) is 2. The minimum atomic E-state index is -0.0550. The van der Waals surface area contributed by atoms with Crippen molar-refractivity contribution in [3.8, 4) is 0 Å². The number of hydrogen-bond donors (Lipinski definition) is 1. The summed E-state index contributed by atoms with van der Waals surface area (Å²) < 4.78 is 1.71. The monoisotopic (exact) mass is 193 g/mol. The normalized spacial score (nSPS) is 15.6. The molecule has 4 nitrogen and oxygen atoms in total. The Kier molecular flexibility index (Phi) is 2.27. The lowest BCUT2D eigenvalue weighted by Gasteiger charge is -1.99. The van der Waals surface area contributed by atoms with Crippen LogP contribution in [0.15, 0.2) is 6.07 Å². The lowest BCUT2D eigenvalue weighted by atomic mass is 10.3. The second-order valence-electron chi connectivity index (χ2n) is 3.95. The SMILES string of the molecule is Cc1cc(C(=O)NCC2CC2)nn1C. The van der Waals surface area contributed by atoms with Gasteiger partial charge in [0.25, 0.3) is 5.91 Å². The quantitative estimate of drug-likeness (QED) is 0.774. The number of aryl methyl sites for hydroxylation is 2. The summed E-state index contributed by atoms with van der Waals surface area (Å²) >= 11 is 0. The highest BCUT2D eigenvalue weighted by molar-refractivity contribution is 5.92. The van der Waals surface area contributed by atoms with E-state index in [-0.39, 0.29) is 5.91 Å². The van der Waals surface area contributed by atoms with Crippen molar-refractivity contribution in [1.29, 1.82) is 0 Å². The average Bonchev–Trinajstić information content (AvgIpc) is 2.91. The van der Waals surface area contributed by atoms with Crippen molar-refractivity contribution in [2.75, 3.05) is 6.54 Å². The largest absolute Gasteiger partial charge is 0.350 e. The fourth-order valence-corrected chi connectivity index (χ4v) is 1.32. The second kappa shape index (κ2) is 3.44. The van der Waals surface area contributed by atoms with Crippen LogP contribution in [0, 0.1) is 12.8 Å². The molecule has 1 aliphatic rings. The van der Waals surface area contributed by atoms with Gasteiger partial charge < -0.3 is 5.32 Å². The summed E-state index contributed by atoms with van der Waals surface area (Å²) in [7, 11) is 1.84. The molecule has 0 saturated heterocycles. The Labute approximate surface area is 83.3 Å². The van der Waals surface area contributed by atoms with E-state index < -0.39 is 0 Å². The Morgan fingerprint density at radius 2 is 2.43 bits per heavy atom. The van der Waals surface area contributed by atoms with E-state index in [0.29, 0.717) is 11.6 Å². The highest BCUT2D eigenvalue weighted by Gasteiger charge is 2.22. The molecular formula is C10H15N3O. The van der Waals surface area contributed by atoms with Gasteiger partial charge >= 0.3 is 0 Å². The molecule has 1 fully saturated rings. The van der Waals surface area contributed by atoms with Crippen molar-refractivity contribution in [3.05, 3.63) is 17.5 Å². The van der Waals surface area contributed by atoms with E-state index in [1.807, 2.05) is 20.0 Å². The maximum absolute atomic E-state index is 11.6. The Hall–Kier alpha value is -1.32. The molecule has 1 N–H and O–H groups in total. The Morgan fingerprint density at radius 3 is 2.93 bits per heavy atom. The molecule has 1 heterocycles. The molecule has 4 heteroatoms. The first-order chi connectivity index (χ1) is 6.66. The zero-order valence-electron chi connectivity index (χ0n) is 8.58. The van der Waals surface area contributed by atoms with Crippen molar-refractivity contribution in [1.82, 2.24) is 15.1 Å². The fraction of sp³-hybridized carbons (Fsp3) is 0.600. The van der Waals surface area contributed by atoms with E-state index in [1.165, 1.54) is 12.8 Å². The highest BCUT2D eigenvalue weighted by Crippen LogP contribution is 2.27. The standard InChI is InChI=1S/C10H15N3O/c1-7-5-9(12-13(7)2)10(14)11-6-8-3-4-8/h5,8H,3-4,6H2,1-2H3,(H,11,14). The fourth-order valence-electron chi connectivity index (χ4n) is 1.32. The molecule has 1 aromatic heterocycles. The van der Waals surface area contributed by atoms with E-state index in [4.69, 9.17) is 0 Å². The molecule has 2 rings (SSSR count). The summed E-state index contributed by atoms with van der Waals surface area (Å²) in [5, 5.41) is 7.00. The van der Waals surface area contributed by atoms with Gasteiger partial charge in [-0.15, -0.1) is 0 Å². The number of aromatic nitrogens is 2. The van der Waals surface area contributed by atoms with Crippen LogP contribution in [-0.2, 0) is 7.05 Å². The molecule has 76 valence electrons. The highest BCUT2D eigenvalue weighted by atomic mass is 16.1. The minimum Gasteiger partial charge on any atom is -0.350 e. The number of nitrogens with one attached hydrogen (secondary N) is 1. The van der Waals surface area contributed by atoms with Gasteiger partial charge in [-0.25, -0.2) is 0 Å². The second-order valence-corrected chi connectivity index (χ2v) is 3.95. The summed E-state index contributed by atoms with van der Waals surface area (Å²) in [6.07, 6.45) is 2.50. The van der Waals surface area contributed by atoms with Gasteiger partial charge in [-0.3, -0.25) is 9.48 Å². The van der Waals surface area contributed by atoms with Gasteiger partial charge in [-0.05, 0) is 31.7 Å². The van der Waals surface area contributed by atoms with Crippen LogP contribution in [0.4, 0.5) is 0 Å². The first kappa shape index (κ1) is 9.24. The zero-order chi connectivity index (χ0) is 10.1. The smallest absolute Gasteiger partial charge is 0.271 e. The number of rotatable bonds is 3. The molecule has 0 aromatic carbocycles. The summed E-state index contributed by atoms with van der Waals surface area (Å²) in [5.74, 6) is 0.657. The van der Waals surface area contributed by atoms with E-state index >= 15 is 0 Å². The third kappa shape index (κ3) is 1.95. The van der Waals surface area contributed by atoms with Gasteiger partial charge in [-0.1, -0.05) is 0 Å². The van der Waals surface area contributed by atoms with E-state index in [9.17, 15) is 4.79 Å². The van der Waals surface area contributed by atoms with E-state index in [0.717, 1.165) is 12.2 Å². The van der Waals surface area contributed by atoms with E-state index in [2.05, 4.69) is 10.4 Å². The van der Waals surface area contributed by atoms with Crippen molar-refractivity contribution in [2.24, 2.45) is 13.0 Å². The summed E-state index contributed by atoms with van der Waals surface area (Å²) in [6.45, 7) is 2.74. The van der Waals surface area contributed by atoms with E-state index in [1.54, 1.807) is 4.68 Å². The van der Waals surface area contributed by atoms with Gasteiger partial charge in [0.2, 0.25) is 0 Å². The van der Waals surface area contributed by atoms with Crippen LogP contribution in [0.2, 0.25) is 0 Å². The number of carbonyl (C=O) groups is 1. The summed E-state index contributed by atoms with van der Waals surface area (Å²) in [5.41, 5.74) is 1.52. The van der Waals surface area contributed by atoms with Gasteiger partial charge in [0.05, 0.1) is 0 Å². The average molecular weight is 193 g/mol. The van der Waals surface area contributed by atoms with Crippen molar-refractivity contribution < 1.29 is 4.79 Å². The summed E-state index contributed by atoms with van der Waals surface area (Å²) in [4.78, 5) is 11.6.